The van der Waals surface area contributed by atoms with Gasteiger partial charge in [0.1, 0.15) is 5.75 Å². The molecule has 2 aliphatic heterocycles. The molecule has 3 rings (SSSR count). The van der Waals surface area contributed by atoms with Crippen molar-refractivity contribution in [2.75, 3.05) is 32.8 Å². The molecule has 0 aliphatic carbocycles. The lowest BCUT2D eigenvalue weighted by atomic mass is 10.0. The summed E-state index contributed by atoms with van der Waals surface area (Å²) in [6.45, 7) is 5.05. The second-order valence-electron chi connectivity index (χ2n) is 6.30. The lowest BCUT2D eigenvalue weighted by Crippen LogP contribution is -2.30. The Balaban J connectivity index is 1.43. The number of unbranched alkanes of at least 4 members (excludes halogenated alkanes) is 1. The van der Waals surface area contributed by atoms with Crippen LogP contribution in [0.25, 0.3) is 0 Å². The van der Waals surface area contributed by atoms with Gasteiger partial charge in [-0.15, -0.1) is 0 Å². The number of ether oxygens (including phenoxy) is 1. The summed E-state index contributed by atoms with van der Waals surface area (Å²) >= 11 is 0. The number of hydrogen-bond donors (Lipinski definition) is 0. The fourth-order valence-electron chi connectivity index (χ4n) is 3.35. The van der Waals surface area contributed by atoms with Crippen molar-refractivity contribution in [1.82, 2.24) is 4.90 Å². The Morgan fingerprint density at radius 2 is 2.00 bits per heavy atom. The third-order valence-electron chi connectivity index (χ3n) is 4.61. The van der Waals surface area contributed by atoms with Gasteiger partial charge in [-0.2, -0.15) is 0 Å². The molecule has 2 heterocycles. The van der Waals surface area contributed by atoms with Crippen LogP contribution in [0.2, 0.25) is 0 Å². The van der Waals surface area contributed by atoms with E-state index in [-0.39, 0.29) is 0 Å². The van der Waals surface area contributed by atoms with Crippen LogP contribution in [0.15, 0.2) is 18.2 Å². The maximum atomic E-state index is 11.4. The summed E-state index contributed by atoms with van der Waals surface area (Å²) in [6, 6.07) is 5.98. The van der Waals surface area contributed by atoms with Crippen LogP contribution in [0, 0.1) is 5.21 Å². The van der Waals surface area contributed by atoms with Gasteiger partial charge in [0.2, 0.25) is 0 Å². The van der Waals surface area contributed by atoms with Gasteiger partial charge in [-0.3, -0.25) is 0 Å². The van der Waals surface area contributed by atoms with Crippen LogP contribution in [0.4, 0.5) is 0 Å². The smallest absolute Gasteiger partial charge is 0.182 e. The summed E-state index contributed by atoms with van der Waals surface area (Å²) in [6.07, 6.45) is 8.87. The SMILES string of the molecule is [O-][N+]1=Cc2cccc(OCCCCN3CCCCC3)c2CC1. The van der Waals surface area contributed by atoms with Crippen LogP contribution in [-0.2, 0) is 6.42 Å². The minimum Gasteiger partial charge on any atom is -0.624 e. The van der Waals surface area contributed by atoms with Gasteiger partial charge in [-0.1, -0.05) is 12.5 Å². The van der Waals surface area contributed by atoms with Crippen molar-refractivity contribution in [2.45, 2.75) is 38.5 Å². The van der Waals surface area contributed by atoms with E-state index in [1.807, 2.05) is 18.2 Å². The van der Waals surface area contributed by atoms with Gasteiger partial charge in [0, 0.05) is 17.5 Å². The van der Waals surface area contributed by atoms with Gasteiger partial charge in [0.05, 0.1) is 6.61 Å². The zero-order chi connectivity index (χ0) is 15.2. The third kappa shape index (κ3) is 4.01. The zero-order valence-corrected chi connectivity index (χ0v) is 13.3. The molecule has 4 nitrogen and oxygen atoms in total. The Morgan fingerprint density at radius 1 is 1.14 bits per heavy atom. The molecular formula is C18H26N2O2. The summed E-state index contributed by atoms with van der Waals surface area (Å²) in [7, 11) is 0. The number of nitrogens with zero attached hydrogens (tertiary/aromatic N) is 2. The van der Waals surface area contributed by atoms with Gasteiger partial charge in [-0.25, -0.2) is 4.74 Å². The number of likely N-dealkylation sites (tertiary alicyclic amines) is 1. The molecule has 0 unspecified atom stereocenters. The van der Waals surface area contributed by atoms with E-state index < -0.39 is 0 Å². The van der Waals surface area contributed by atoms with Crippen molar-refractivity contribution >= 4 is 6.21 Å². The highest BCUT2D eigenvalue weighted by atomic mass is 16.5. The third-order valence-corrected chi connectivity index (χ3v) is 4.61. The first-order chi connectivity index (χ1) is 10.8. The molecule has 22 heavy (non-hydrogen) atoms. The lowest BCUT2D eigenvalue weighted by molar-refractivity contribution is -0.453. The van der Waals surface area contributed by atoms with Gasteiger partial charge in [0.15, 0.2) is 12.8 Å². The molecule has 120 valence electrons. The fourth-order valence-corrected chi connectivity index (χ4v) is 3.35. The molecular weight excluding hydrogens is 276 g/mol. The molecule has 1 fully saturated rings. The normalized spacial score (nSPS) is 18.6. The average molecular weight is 302 g/mol. The predicted octanol–water partition coefficient (Wildman–Crippen LogP) is 2.82. The molecule has 0 amide bonds. The van der Waals surface area contributed by atoms with E-state index in [2.05, 4.69) is 4.90 Å². The molecule has 0 bridgehead atoms. The monoisotopic (exact) mass is 302 g/mol. The van der Waals surface area contributed by atoms with E-state index in [0.29, 0.717) is 6.54 Å². The lowest BCUT2D eigenvalue weighted by Gasteiger charge is -2.26. The first-order valence-electron chi connectivity index (χ1n) is 8.58. The highest BCUT2D eigenvalue weighted by Crippen LogP contribution is 2.24. The van der Waals surface area contributed by atoms with Crippen molar-refractivity contribution < 1.29 is 9.48 Å². The van der Waals surface area contributed by atoms with Gasteiger partial charge >= 0.3 is 0 Å². The van der Waals surface area contributed by atoms with Crippen LogP contribution in [0.1, 0.15) is 43.2 Å². The molecule has 1 saturated heterocycles. The van der Waals surface area contributed by atoms with E-state index >= 15 is 0 Å². The van der Waals surface area contributed by atoms with Crippen LogP contribution >= 0.6 is 0 Å². The fraction of sp³-hybridized carbons (Fsp3) is 0.611. The average Bonchev–Trinajstić information content (AvgIpc) is 2.55. The Kier molecular flexibility index (Phi) is 5.33. The first-order valence-corrected chi connectivity index (χ1v) is 8.58. The maximum Gasteiger partial charge on any atom is 0.182 e. The molecule has 0 atom stereocenters. The van der Waals surface area contributed by atoms with Crippen molar-refractivity contribution in [1.29, 1.82) is 0 Å². The Labute approximate surface area is 133 Å². The molecule has 1 aromatic carbocycles. The van der Waals surface area contributed by atoms with Crippen molar-refractivity contribution in [3.8, 4) is 5.75 Å². The minimum atomic E-state index is 0.530. The molecule has 0 aromatic heterocycles. The molecule has 2 aliphatic rings. The van der Waals surface area contributed by atoms with Gasteiger partial charge in [0.25, 0.3) is 0 Å². The highest BCUT2D eigenvalue weighted by Gasteiger charge is 2.16. The molecule has 4 heteroatoms. The molecule has 0 spiro atoms. The number of hydrogen-bond acceptors (Lipinski definition) is 3. The van der Waals surface area contributed by atoms with Gasteiger partial charge in [-0.05, 0) is 57.5 Å². The Hall–Kier alpha value is -1.55. The van der Waals surface area contributed by atoms with E-state index in [1.165, 1.54) is 50.9 Å². The van der Waals surface area contributed by atoms with Crippen LogP contribution in [0.5, 0.6) is 5.75 Å². The number of benzene rings is 1. The second-order valence-corrected chi connectivity index (χ2v) is 6.30. The number of piperidine rings is 1. The first kappa shape index (κ1) is 15.3. The predicted molar refractivity (Wildman–Crippen MR) is 88.8 cm³/mol. The zero-order valence-electron chi connectivity index (χ0n) is 13.3. The Bertz CT molecular complexity index is 522. The Morgan fingerprint density at radius 3 is 2.86 bits per heavy atom. The summed E-state index contributed by atoms with van der Waals surface area (Å²) in [5.74, 6) is 0.958. The van der Waals surface area contributed by atoms with Crippen LogP contribution in [0.3, 0.4) is 0 Å². The molecule has 0 N–H and O–H groups in total. The number of rotatable bonds is 6. The standard InChI is InChI=1S/C18H26N2O2/c21-20-13-9-17-16(15-20)7-6-8-18(17)22-14-5-4-12-19-10-2-1-3-11-19/h6-8,15H,1-5,9-14H2. The van der Waals surface area contributed by atoms with E-state index in [9.17, 15) is 5.21 Å². The van der Waals surface area contributed by atoms with Gasteiger partial charge < -0.3 is 14.8 Å². The van der Waals surface area contributed by atoms with Crippen molar-refractivity contribution in [3.05, 3.63) is 34.5 Å². The number of hydroxylamine groups is 1. The highest BCUT2D eigenvalue weighted by molar-refractivity contribution is 5.80. The topological polar surface area (TPSA) is 38.5 Å². The summed E-state index contributed by atoms with van der Waals surface area (Å²) < 4.78 is 6.97. The van der Waals surface area contributed by atoms with Crippen LogP contribution in [-0.4, -0.2) is 48.6 Å². The summed E-state index contributed by atoms with van der Waals surface area (Å²) in [5.41, 5.74) is 2.19. The van der Waals surface area contributed by atoms with Crippen LogP contribution < -0.4 is 4.74 Å². The summed E-state index contributed by atoms with van der Waals surface area (Å²) in [4.78, 5) is 2.58. The van der Waals surface area contributed by atoms with E-state index in [0.717, 1.165) is 35.5 Å². The maximum absolute atomic E-state index is 11.4. The minimum absolute atomic E-state index is 0.530. The second kappa shape index (κ2) is 7.63. The summed E-state index contributed by atoms with van der Waals surface area (Å²) in [5, 5.41) is 11.4. The largest absolute Gasteiger partial charge is 0.624 e. The quantitative estimate of drug-likeness (QED) is 0.461. The van der Waals surface area contributed by atoms with Crippen molar-refractivity contribution in [2.24, 2.45) is 0 Å². The molecule has 0 radical (unpaired) electrons. The van der Waals surface area contributed by atoms with E-state index in [4.69, 9.17) is 4.74 Å². The molecule has 1 aromatic rings. The molecule has 0 saturated carbocycles. The van der Waals surface area contributed by atoms with Crippen molar-refractivity contribution in [3.63, 3.8) is 0 Å². The van der Waals surface area contributed by atoms with E-state index in [1.54, 1.807) is 6.21 Å². The number of fused-ring (bicyclic) bond motifs is 1.